The Bertz CT molecular complexity index is 1210. The molecule has 0 atom stereocenters. The first-order valence-electron chi connectivity index (χ1n) is 11.2. The van der Waals surface area contributed by atoms with Crippen LogP contribution in [0.15, 0.2) is 66.7 Å². The number of ether oxygens (including phenoxy) is 2. The Morgan fingerprint density at radius 1 is 0.794 bits per heavy atom. The number of piperazine rings is 1. The quantitative estimate of drug-likeness (QED) is 0.605. The summed E-state index contributed by atoms with van der Waals surface area (Å²) in [4.78, 5) is 29.8. The number of anilines is 2. The molecule has 1 N–H and O–H groups in total. The normalized spacial score (nSPS) is 15.1. The molecular weight excluding hydrogens is 454 g/mol. The molecule has 0 bridgehead atoms. The van der Waals surface area contributed by atoms with Crippen LogP contribution in [0.1, 0.15) is 20.7 Å². The Balaban J connectivity index is 1.26. The van der Waals surface area contributed by atoms with Crippen molar-refractivity contribution < 1.29 is 19.1 Å². The molecule has 0 aromatic heterocycles. The molecular formula is C26H24ClN3O4. The third-order valence-corrected chi connectivity index (χ3v) is 6.21. The summed E-state index contributed by atoms with van der Waals surface area (Å²) in [6.45, 7) is 3.47. The number of hydrogen-bond acceptors (Lipinski definition) is 5. The third-order valence-electron chi connectivity index (χ3n) is 5.96. The maximum atomic E-state index is 13.0. The number of amides is 2. The van der Waals surface area contributed by atoms with Crippen LogP contribution in [-0.4, -0.2) is 56.1 Å². The zero-order chi connectivity index (χ0) is 23.5. The molecule has 3 aromatic carbocycles. The maximum Gasteiger partial charge on any atom is 0.255 e. The van der Waals surface area contributed by atoms with Crippen LogP contribution >= 0.6 is 11.6 Å². The van der Waals surface area contributed by atoms with Crippen LogP contribution in [0.25, 0.3) is 0 Å². The van der Waals surface area contributed by atoms with Gasteiger partial charge in [0.25, 0.3) is 11.8 Å². The molecule has 2 aliphatic rings. The SMILES string of the molecule is O=C(Nc1ccccc1N1CCN(C(=O)c2ccc(Cl)cc2)CC1)c1ccc2c(c1)OCCO2. The van der Waals surface area contributed by atoms with Crippen molar-refractivity contribution in [2.75, 3.05) is 49.6 Å². The van der Waals surface area contributed by atoms with Gasteiger partial charge in [0.05, 0.1) is 11.4 Å². The number of benzene rings is 3. The number of carbonyl (C=O) groups excluding carboxylic acids is 2. The smallest absolute Gasteiger partial charge is 0.255 e. The summed E-state index contributed by atoms with van der Waals surface area (Å²) in [5.74, 6) is 1.00. The van der Waals surface area contributed by atoms with Crippen LogP contribution in [-0.2, 0) is 0 Å². The second-order valence-electron chi connectivity index (χ2n) is 8.12. The standard InChI is InChI=1S/C26H24ClN3O4/c27-20-8-5-18(6-9-20)26(32)30-13-11-29(12-14-30)22-4-2-1-3-21(22)28-25(31)19-7-10-23-24(17-19)34-16-15-33-23/h1-10,17H,11-16H2,(H,28,31). The van der Waals surface area contributed by atoms with E-state index in [9.17, 15) is 9.59 Å². The fraction of sp³-hybridized carbons (Fsp3) is 0.231. The molecule has 0 aliphatic carbocycles. The number of nitrogens with one attached hydrogen (secondary N) is 1. The van der Waals surface area contributed by atoms with Crippen LogP contribution in [0, 0.1) is 0 Å². The maximum absolute atomic E-state index is 13.0. The van der Waals surface area contributed by atoms with E-state index in [1.807, 2.05) is 29.2 Å². The first kappa shape index (κ1) is 22.1. The fourth-order valence-electron chi connectivity index (χ4n) is 4.16. The van der Waals surface area contributed by atoms with Gasteiger partial charge in [0, 0.05) is 42.3 Å². The molecule has 2 heterocycles. The van der Waals surface area contributed by atoms with Gasteiger partial charge in [0.15, 0.2) is 11.5 Å². The number of rotatable bonds is 4. The number of para-hydroxylation sites is 2. The molecule has 7 nitrogen and oxygen atoms in total. The molecule has 2 amide bonds. The Hall–Kier alpha value is -3.71. The number of carbonyl (C=O) groups is 2. The van der Waals surface area contributed by atoms with Crippen LogP contribution < -0.4 is 19.7 Å². The summed E-state index contributed by atoms with van der Waals surface area (Å²) in [6.07, 6.45) is 0. The van der Waals surface area contributed by atoms with Gasteiger partial charge < -0.3 is 24.6 Å². The molecule has 2 aliphatic heterocycles. The lowest BCUT2D eigenvalue weighted by molar-refractivity contribution is 0.0746. The molecule has 0 saturated carbocycles. The van der Waals surface area contributed by atoms with E-state index in [1.54, 1.807) is 42.5 Å². The van der Waals surface area contributed by atoms with E-state index in [-0.39, 0.29) is 11.8 Å². The van der Waals surface area contributed by atoms with Crippen molar-refractivity contribution in [3.8, 4) is 11.5 Å². The van der Waals surface area contributed by atoms with Gasteiger partial charge in [-0.25, -0.2) is 0 Å². The van der Waals surface area contributed by atoms with Gasteiger partial charge >= 0.3 is 0 Å². The minimum absolute atomic E-state index is 0.00323. The molecule has 0 radical (unpaired) electrons. The van der Waals surface area contributed by atoms with E-state index >= 15 is 0 Å². The zero-order valence-corrected chi connectivity index (χ0v) is 19.3. The van der Waals surface area contributed by atoms with Gasteiger partial charge in [-0.15, -0.1) is 0 Å². The van der Waals surface area contributed by atoms with Gasteiger partial charge in [-0.2, -0.15) is 0 Å². The molecule has 0 unspecified atom stereocenters. The van der Waals surface area contributed by atoms with Crippen LogP contribution in [0.5, 0.6) is 11.5 Å². The lowest BCUT2D eigenvalue weighted by Gasteiger charge is -2.37. The molecule has 5 rings (SSSR count). The second-order valence-corrected chi connectivity index (χ2v) is 8.55. The summed E-state index contributed by atoms with van der Waals surface area (Å²) >= 11 is 5.94. The van der Waals surface area contributed by atoms with Crippen molar-refractivity contribution in [2.24, 2.45) is 0 Å². The van der Waals surface area contributed by atoms with E-state index in [0.717, 1.165) is 11.4 Å². The van der Waals surface area contributed by atoms with Crippen LogP contribution in [0.4, 0.5) is 11.4 Å². The van der Waals surface area contributed by atoms with Gasteiger partial charge in [0.2, 0.25) is 0 Å². The first-order valence-corrected chi connectivity index (χ1v) is 11.6. The third kappa shape index (κ3) is 4.65. The molecule has 34 heavy (non-hydrogen) atoms. The summed E-state index contributed by atoms with van der Waals surface area (Å²) < 4.78 is 11.1. The lowest BCUT2D eigenvalue weighted by Crippen LogP contribution is -2.49. The van der Waals surface area contributed by atoms with Crippen molar-refractivity contribution in [2.45, 2.75) is 0 Å². The number of fused-ring (bicyclic) bond motifs is 1. The molecule has 1 saturated heterocycles. The second kappa shape index (κ2) is 9.65. The topological polar surface area (TPSA) is 71.1 Å². The van der Waals surface area contributed by atoms with E-state index in [2.05, 4.69) is 10.2 Å². The van der Waals surface area contributed by atoms with Crippen molar-refractivity contribution in [3.05, 3.63) is 82.9 Å². The van der Waals surface area contributed by atoms with E-state index in [0.29, 0.717) is 67.0 Å². The van der Waals surface area contributed by atoms with Crippen molar-refractivity contribution in [1.29, 1.82) is 0 Å². The fourth-order valence-corrected chi connectivity index (χ4v) is 4.29. The van der Waals surface area contributed by atoms with Crippen molar-refractivity contribution >= 4 is 34.8 Å². The molecule has 8 heteroatoms. The Morgan fingerprint density at radius 2 is 1.47 bits per heavy atom. The zero-order valence-electron chi connectivity index (χ0n) is 18.5. The van der Waals surface area contributed by atoms with Gasteiger partial charge in [-0.1, -0.05) is 23.7 Å². The van der Waals surface area contributed by atoms with Crippen LogP contribution in [0.2, 0.25) is 5.02 Å². The van der Waals surface area contributed by atoms with E-state index in [1.165, 1.54) is 0 Å². The summed E-state index contributed by atoms with van der Waals surface area (Å²) in [5, 5.41) is 3.63. The highest BCUT2D eigenvalue weighted by Gasteiger charge is 2.24. The Morgan fingerprint density at radius 3 is 2.24 bits per heavy atom. The predicted molar refractivity (Wildman–Crippen MR) is 131 cm³/mol. The highest BCUT2D eigenvalue weighted by Crippen LogP contribution is 2.32. The lowest BCUT2D eigenvalue weighted by atomic mass is 10.1. The highest BCUT2D eigenvalue weighted by molar-refractivity contribution is 6.30. The largest absolute Gasteiger partial charge is 0.486 e. The van der Waals surface area contributed by atoms with Gasteiger partial charge in [0.1, 0.15) is 13.2 Å². The number of halogens is 1. The Kier molecular flexibility index (Phi) is 6.27. The van der Waals surface area contributed by atoms with E-state index < -0.39 is 0 Å². The highest BCUT2D eigenvalue weighted by atomic mass is 35.5. The molecule has 174 valence electrons. The van der Waals surface area contributed by atoms with Crippen LogP contribution in [0.3, 0.4) is 0 Å². The number of hydrogen-bond donors (Lipinski definition) is 1. The summed E-state index contributed by atoms with van der Waals surface area (Å²) in [6, 6.07) is 19.8. The average molecular weight is 478 g/mol. The monoisotopic (exact) mass is 477 g/mol. The predicted octanol–water partition coefficient (Wildman–Crippen LogP) is 4.33. The molecule has 1 fully saturated rings. The van der Waals surface area contributed by atoms with Gasteiger partial charge in [-0.05, 0) is 54.6 Å². The van der Waals surface area contributed by atoms with Gasteiger partial charge in [-0.3, -0.25) is 9.59 Å². The van der Waals surface area contributed by atoms with Crippen molar-refractivity contribution in [3.63, 3.8) is 0 Å². The first-order chi connectivity index (χ1) is 16.6. The molecule has 3 aromatic rings. The average Bonchev–Trinajstić information content (AvgIpc) is 2.89. The summed E-state index contributed by atoms with van der Waals surface area (Å²) in [7, 11) is 0. The summed E-state index contributed by atoms with van der Waals surface area (Å²) in [5.41, 5.74) is 2.77. The minimum atomic E-state index is -0.221. The Labute approximate surface area is 202 Å². The van der Waals surface area contributed by atoms with E-state index in [4.69, 9.17) is 21.1 Å². The molecule has 0 spiro atoms. The minimum Gasteiger partial charge on any atom is -0.486 e. The van der Waals surface area contributed by atoms with Crippen molar-refractivity contribution in [1.82, 2.24) is 4.90 Å². The number of nitrogens with zero attached hydrogens (tertiary/aromatic N) is 2.